The van der Waals surface area contributed by atoms with Gasteiger partial charge in [-0.1, -0.05) is 166 Å². The Kier molecular flexibility index (Phi) is 14.1. The molecule has 0 fully saturated rings. The van der Waals surface area contributed by atoms with Crippen LogP contribution in [0.3, 0.4) is 0 Å². The van der Waals surface area contributed by atoms with Crippen LogP contribution in [0.4, 0.5) is 22.7 Å². The SMILES string of the molecule is C=CCN(c1ccccc1)c1cccc2ccccc12.CCCCCCCCc1ccccc1N(CCc1ccccc1)c1ccccc1. The molecule has 49 heavy (non-hydrogen) atoms. The molecule has 0 radical (unpaired) electrons. The van der Waals surface area contributed by atoms with Crippen LogP contribution < -0.4 is 9.80 Å². The van der Waals surface area contributed by atoms with Gasteiger partial charge in [0.05, 0.1) is 0 Å². The fourth-order valence-corrected chi connectivity index (χ4v) is 6.49. The molecule has 0 heterocycles. The molecular weight excluding hydrogens is 593 g/mol. The Hall–Kier alpha value is -5.08. The first kappa shape index (κ1) is 35.2. The van der Waals surface area contributed by atoms with Gasteiger partial charge in [0.1, 0.15) is 0 Å². The van der Waals surface area contributed by atoms with Crippen LogP contribution in [0.1, 0.15) is 56.6 Å². The quantitative estimate of drug-likeness (QED) is 0.0764. The van der Waals surface area contributed by atoms with Crippen molar-refractivity contribution in [1.29, 1.82) is 0 Å². The predicted molar refractivity (Wildman–Crippen MR) is 215 cm³/mol. The molecule has 0 aliphatic heterocycles. The Morgan fingerprint density at radius 3 is 1.76 bits per heavy atom. The maximum atomic E-state index is 3.89. The van der Waals surface area contributed by atoms with Crippen LogP contribution in [-0.2, 0) is 12.8 Å². The van der Waals surface area contributed by atoms with Crippen molar-refractivity contribution in [3.05, 3.63) is 182 Å². The molecule has 2 heteroatoms. The molecule has 250 valence electrons. The summed E-state index contributed by atoms with van der Waals surface area (Å²) in [6, 6.07) is 56.0. The van der Waals surface area contributed by atoms with E-state index in [-0.39, 0.29) is 0 Å². The highest BCUT2D eigenvalue weighted by Crippen LogP contribution is 2.32. The second-order valence-electron chi connectivity index (χ2n) is 12.6. The molecule has 0 saturated carbocycles. The number of unbranched alkanes of at least 4 members (excludes halogenated alkanes) is 5. The van der Waals surface area contributed by atoms with Crippen molar-refractivity contribution in [2.45, 2.75) is 58.3 Å². The molecule has 0 aliphatic rings. The van der Waals surface area contributed by atoms with Crippen LogP contribution in [0.15, 0.2) is 170 Å². The smallest absolute Gasteiger partial charge is 0.0493 e. The van der Waals surface area contributed by atoms with E-state index in [0.29, 0.717) is 0 Å². The van der Waals surface area contributed by atoms with Gasteiger partial charge in [-0.05, 0) is 72.2 Å². The second-order valence-corrected chi connectivity index (χ2v) is 12.6. The normalized spacial score (nSPS) is 10.6. The van der Waals surface area contributed by atoms with Gasteiger partial charge in [0.25, 0.3) is 0 Å². The molecule has 0 aliphatic carbocycles. The fraction of sp³-hybridized carbons (Fsp3) is 0.234. The molecule has 6 aromatic carbocycles. The number of hydrogen-bond donors (Lipinski definition) is 0. The summed E-state index contributed by atoms with van der Waals surface area (Å²) in [5.41, 5.74) is 7.90. The Balaban J connectivity index is 0.000000204. The highest BCUT2D eigenvalue weighted by molar-refractivity contribution is 5.96. The number of para-hydroxylation sites is 3. The zero-order chi connectivity index (χ0) is 33.9. The molecule has 0 bridgehead atoms. The minimum absolute atomic E-state index is 0.790. The Bertz CT molecular complexity index is 1790. The van der Waals surface area contributed by atoms with Gasteiger partial charge < -0.3 is 9.80 Å². The third-order valence-corrected chi connectivity index (χ3v) is 9.05. The first-order valence-corrected chi connectivity index (χ1v) is 18.1. The molecule has 0 N–H and O–H groups in total. The van der Waals surface area contributed by atoms with Crippen LogP contribution in [-0.4, -0.2) is 13.1 Å². The highest BCUT2D eigenvalue weighted by atomic mass is 15.1. The van der Waals surface area contributed by atoms with E-state index in [0.717, 1.165) is 25.9 Å². The van der Waals surface area contributed by atoms with Gasteiger partial charge in [-0.15, -0.1) is 6.58 Å². The van der Waals surface area contributed by atoms with Crippen LogP contribution in [0.25, 0.3) is 10.8 Å². The third-order valence-electron chi connectivity index (χ3n) is 9.05. The van der Waals surface area contributed by atoms with Crippen molar-refractivity contribution in [2.75, 3.05) is 22.9 Å². The summed E-state index contributed by atoms with van der Waals surface area (Å²) in [4.78, 5) is 4.79. The summed E-state index contributed by atoms with van der Waals surface area (Å²) in [6.45, 7) is 7.95. The average molecular weight is 645 g/mol. The van der Waals surface area contributed by atoms with E-state index in [1.807, 2.05) is 12.1 Å². The lowest BCUT2D eigenvalue weighted by Gasteiger charge is -2.27. The van der Waals surface area contributed by atoms with Gasteiger partial charge in [0.2, 0.25) is 0 Å². The minimum atomic E-state index is 0.790. The van der Waals surface area contributed by atoms with Gasteiger partial charge in [-0.25, -0.2) is 0 Å². The molecular formula is C47H52N2. The van der Waals surface area contributed by atoms with E-state index in [1.54, 1.807) is 0 Å². The van der Waals surface area contributed by atoms with Crippen LogP contribution in [0.5, 0.6) is 0 Å². The fourth-order valence-electron chi connectivity index (χ4n) is 6.49. The Morgan fingerprint density at radius 1 is 0.490 bits per heavy atom. The van der Waals surface area contributed by atoms with Gasteiger partial charge >= 0.3 is 0 Å². The van der Waals surface area contributed by atoms with Crippen molar-refractivity contribution in [3.63, 3.8) is 0 Å². The lowest BCUT2D eigenvalue weighted by Crippen LogP contribution is -2.21. The summed E-state index contributed by atoms with van der Waals surface area (Å²) in [5, 5.41) is 2.52. The molecule has 6 rings (SSSR count). The van der Waals surface area contributed by atoms with Crippen LogP contribution in [0.2, 0.25) is 0 Å². The molecule has 0 atom stereocenters. The second kappa shape index (κ2) is 19.7. The highest BCUT2D eigenvalue weighted by Gasteiger charge is 2.14. The van der Waals surface area contributed by atoms with E-state index in [4.69, 9.17) is 0 Å². The average Bonchev–Trinajstić information content (AvgIpc) is 3.17. The molecule has 2 nitrogen and oxygen atoms in total. The maximum Gasteiger partial charge on any atom is 0.0493 e. The topological polar surface area (TPSA) is 6.48 Å². The number of hydrogen-bond acceptors (Lipinski definition) is 2. The van der Waals surface area contributed by atoms with Crippen LogP contribution >= 0.6 is 0 Å². The lowest BCUT2D eigenvalue weighted by atomic mass is 10.0. The number of aryl methyl sites for hydroxylation is 1. The summed E-state index contributed by atoms with van der Waals surface area (Å²) in [7, 11) is 0. The number of nitrogens with zero attached hydrogens (tertiary/aromatic N) is 2. The standard InChI is InChI=1S/C28H35N.C19H17N/c1-2-3-4-5-6-11-18-26-19-14-15-22-28(26)29(27-20-12-8-13-21-27)24-23-25-16-9-7-10-17-25;1-2-15-20(17-11-4-3-5-12-17)19-14-8-10-16-9-6-7-13-18(16)19/h7-10,12-17,19-22H,2-6,11,18,23-24H2,1H3;2-14H,1,15H2. The summed E-state index contributed by atoms with van der Waals surface area (Å²) >= 11 is 0. The third kappa shape index (κ3) is 10.5. The van der Waals surface area contributed by atoms with E-state index < -0.39 is 0 Å². The van der Waals surface area contributed by atoms with Gasteiger partial charge in [0.15, 0.2) is 0 Å². The monoisotopic (exact) mass is 644 g/mol. The number of rotatable bonds is 16. The molecule has 0 spiro atoms. The van der Waals surface area contributed by atoms with Gasteiger partial charge in [-0.2, -0.15) is 0 Å². The van der Waals surface area contributed by atoms with Crippen molar-refractivity contribution in [2.24, 2.45) is 0 Å². The molecule has 0 amide bonds. The number of fused-ring (bicyclic) bond motifs is 1. The Morgan fingerprint density at radius 2 is 1.04 bits per heavy atom. The van der Waals surface area contributed by atoms with Crippen molar-refractivity contribution in [1.82, 2.24) is 0 Å². The van der Waals surface area contributed by atoms with Crippen LogP contribution in [0, 0.1) is 0 Å². The number of benzene rings is 6. The first-order valence-electron chi connectivity index (χ1n) is 18.1. The Labute approximate surface area is 295 Å². The molecule has 0 unspecified atom stereocenters. The van der Waals surface area contributed by atoms with Crippen molar-refractivity contribution in [3.8, 4) is 0 Å². The van der Waals surface area contributed by atoms with E-state index in [1.165, 1.54) is 83.2 Å². The molecule has 6 aromatic rings. The largest absolute Gasteiger partial charge is 0.341 e. The summed E-state index contributed by atoms with van der Waals surface area (Å²) in [5.74, 6) is 0. The maximum absolute atomic E-state index is 3.89. The van der Waals surface area contributed by atoms with E-state index in [9.17, 15) is 0 Å². The van der Waals surface area contributed by atoms with E-state index >= 15 is 0 Å². The zero-order valence-corrected chi connectivity index (χ0v) is 29.3. The number of anilines is 4. The van der Waals surface area contributed by atoms with Gasteiger partial charge in [-0.3, -0.25) is 0 Å². The lowest BCUT2D eigenvalue weighted by molar-refractivity contribution is 0.607. The summed E-state index contributed by atoms with van der Waals surface area (Å²) in [6.07, 6.45) is 12.2. The summed E-state index contributed by atoms with van der Waals surface area (Å²) < 4.78 is 0. The zero-order valence-electron chi connectivity index (χ0n) is 29.3. The van der Waals surface area contributed by atoms with Crippen molar-refractivity contribution >= 4 is 33.5 Å². The minimum Gasteiger partial charge on any atom is -0.341 e. The van der Waals surface area contributed by atoms with Gasteiger partial charge in [0, 0.05) is 41.2 Å². The molecule has 0 saturated heterocycles. The van der Waals surface area contributed by atoms with E-state index in [2.05, 4.69) is 175 Å². The molecule has 0 aromatic heterocycles. The predicted octanol–water partition coefficient (Wildman–Crippen LogP) is 13.1. The van der Waals surface area contributed by atoms with Crippen molar-refractivity contribution < 1.29 is 0 Å². The first-order chi connectivity index (χ1) is 24.3.